The molecule has 3 heterocycles. The van der Waals surface area contributed by atoms with Gasteiger partial charge in [-0.2, -0.15) is 0 Å². The van der Waals surface area contributed by atoms with E-state index in [4.69, 9.17) is 4.74 Å². The first-order chi connectivity index (χ1) is 14.8. The molecule has 3 fully saturated rings. The van der Waals surface area contributed by atoms with Crippen LogP contribution in [-0.4, -0.2) is 76.4 Å². The molecule has 0 atom stereocenters. The summed E-state index contributed by atoms with van der Waals surface area (Å²) in [6, 6.07) is 4.89. The van der Waals surface area contributed by atoms with Gasteiger partial charge in [-0.1, -0.05) is 19.3 Å². The average molecular weight is 434 g/mol. The molecule has 2 aliphatic heterocycles. The van der Waals surface area contributed by atoms with E-state index in [1.165, 1.54) is 43.6 Å². The van der Waals surface area contributed by atoms with Crippen LogP contribution in [0.3, 0.4) is 0 Å². The Morgan fingerprint density at radius 1 is 1.17 bits per heavy atom. The molecule has 30 heavy (non-hydrogen) atoms. The molecule has 0 radical (unpaired) electrons. The second-order valence-electron chi connectivity index (χ2n) is 9.23. The minimum absolute atomic E-state index is 0.371. The van der Waals surface area contributed by atoms with Crippen molar-refractivity contribution < 1.29 is 4.74 Å². The van der Waals surface area contributed by atoms with Crippen molar-refractivity contribution in [2.75, 3.05) is 64.4 Å². The summed E-state index contributed by atoms with van der Waals surface area (Å²) in [6.07, 6.45) is 9.09. The molecule has 1 saturated carbocycles. The van der Waals surface area contributed by atoms with Crippen LogP contribution in [-0.2, 0) is 4.74 Å². The van der Waals surface area contributed by atoms with Crippen LogP contribution in [0.15, 0.2) is 22.5 Å². The zero-order valence-corrected chi connectivity index (χ0v) is 19.4. The molecule has 0 unspecified atom stereocenters. The summed E-state index contributed by atoms with van der Waals surface area (Å²) in [7, 11) is 1.91. The molecule has 2 saturated heterocycles. The summed E-state index contributed by atoms with van der Waals surface area (Å²) in [5.41, 5.74) is 0.371. The van der Waals surface area contributed by atoms with E-state index in [0.29, 0.717) is 11.5 Å². The number of anilines is 1. The summed E-state index contributed by atoms with van der Waals surface area (Å²) < 4.78 is 5.56. The highest BCUT2D eigenvalue weighted by atomic mass is 32.1. The SMILES string of the molecule is CN=C(NCC1(CN2CCOCC2)CCCCC1)NC1CCN(c2cccs2)CC1. The summed E-state index contributed by atoms with van der Waals surface area (Å²) in [5, 5.41) is 11.0. The number of guanidine groups is 1. The third kappa shape index (κ3) is 5.89. The Morgan fingerprint density at radius 3 is 2.60 bits per heavy atom. The number of ether oxygens (including phenoxy) is 1. The lowest BCUT2D eigenvalue weighted by Crippen LogP contribution is -2.53. The highest BCUT2D eigenvalue weighted by Gasteiger charge is 2.34. The smallest absolute Gasteiger partial charge is 0.191 e. The number of rotatable bonds is 6. The van der Waals surface area contributed by atoms with Gasteiger partial charge < -0.3 is 20.3 Å². The fraction of sp³-hybridized carbons (Fsp3) is 0.783. The molecule has 0 spiro atoms. The van der Waals surface area contributed by atoms with Crippen LogP contribution in [0.25, 0.3) is 0 Å². The molecule has 168 valence electrons. The third-order valence-corrected chi connectivity index (χ3v) is 8.01. The Morgan fingerprint density at radius 2 is 1.93 bits per heavy atom. The number of thiophene rings is 1. The van der Waals surface area contributed by atoms with Crippen molar-refractivity contribution in [3.63, 3.8) is 0 Å². The first-order valence-corrected chi connectivity index (χ1v) is 12.7. The summed E-state index contributed by atoms with van der Waals surface area (Å²) in [4.78, 5) is 9.69. The Labute approximate surface area is 186 Å². The predicted octanol–water partition coefficient (Wildman–Crippen LogP) is 3.16. The van der Waals surface area contributed by atoms with Gasteiger partial charge in [0.15, 0.2) is 5.96 Å². The van der Waals surface area contributed by atoms with Crippen molar-refractivity contribution >= 4 is 22.3 Å². The summed E-state index contributed by atoms with van der Waals surface area (Å²) >= 11 is 1.84. The van der Waals surface area contributed by atoms with Gasteiger partial charge in [-0.25, -0.2) is 0 Å². The zero-order chi connectivity index (χ0) is 20.7. The maximum Gasteiger partial charge on any atom is 0.191 e. The van der Waals surface area contributed by atoms with Gasteiger partial charge >= 0.3 is 0 Å². The number of nitrogens with one attached hydrogen (secondary N) is 2. The summed E-state index contributed by atoms with van der Waals surface area (Å²) in [6.45, 7) is 8.40. The quantitative estimate of drug-likeness (QED) is 0.533. The molecule has 4 rings (SSSR count). The molecule has 3 aliphatic rings. The number of aliphatic imine (C=N–C) groups is 1. The molecular weight excluding hydrogens is 394 g/mol. The molecule has 1 aliphatic carbocycles. The van der Waals surface area contributed by atoms with Gasteiger partial charge in [0.25, 0.3) is 0 Å². The van der Waals surface area contributed by atoms with Gasteiger partial charge in [0, 0.05) is 57.8 Å². The molecule has 0 amide bonds. The van der Waals surface area contributed by atoms with Crippen LogP contribution in [0, 0.1) is 5.41 Å². The normalized spacial score (nSPS) is 24.0. The highest BCUT2D eigenvalue weighted by Crippen LogP contribution is 2.36. The maximum absolute atomic E-state index is 5.56. The van der Waals surface area contributed by atoms with E-state index in [1.54, 1.807) is 0 Å². The Hall–Kier alpha value is -1.31. The van der Waals surface area contributed by atoms with Crippen LogP contribution in [0.5, 0.6) is 0 Å². The minimum Gasteiger partial charge on any atom is -0.379 e. The van der Waals surface area contributed by atoms with Crippen molar-refractivity contribution in [3.05, 3.63) is 17.5 Å². The predicted molar refractivity (Wildman–Crippen MR) is 127 cm³/mol. The van der Waals surface area contributed by atoms with Crippen molar-refractivity contribution in [2.45, 2.75) is 51.0 Å². The molecule has 1 aromatic heterocycles. The van der Waals surface area contributed by atoms with Crippen LogP contribution >= 0.6 is 11.3 Å². The maximum atomic E-state index is 5.56. The number of hydrogen-bond acceptors (Lipinski definition) is 5. The lowest BCUT2D eigenvalue weighted by molar-refractivity contribution is 0.00819. The van der Waals surface area contributed by atoms with E-state index in [2.05, 4.69) is 42.9 Å². The largest absolute Gasteiger partial charge is 0.379 e. The minimum atomic E-state index is 0.371. The second-order valence-corrected chi connectivity index (χ2v) is 10.2. The van der Waals surface area contributed by atoms with Crippen molar-refractivity contribution in [3.8, 4) is 0 Å². The van der Waals surface area contributed by atoms with Crippen LogP contribution in [0.4, 0.5) is 5.00 Å². The van der Waals surface area contributed by atoms with E-state index >= 15 is 0 Å². The average Bonchev–Trinajstić information content (AvgIpc) is 3.33. The molecular formula is C23H39N5OS. The van der Waals surface area contributed by atoms with Crippen molar-refractivity contribution in [1.29, 1.82) is 0 Å². The van der Waals surface area contributed by atoms with Gasteiger partial charge in [-0.05, 0) is 43.2 Å². The Kier molecular flexibility index (Phi) is 7.90. The number of nitrogens with zero attached hydrogens (tertiary/aromatic N) is 3. The van der Waals surface area contributed by atoms with E-state index < -0.39 is 0 Å². The monoisotopic (exact) mass is 433 g/mol. The lowest BCUT2D eigenvalue weighted by atomic mass is 9.73. The van der Waals surface area contributed by atoms with E-state index in [-0.39, 0.29) is 0 Å². The first kappa shape index (κ1) is 21.9. The molecule has 1 aromatic rings. The lowest BCUT2D eigenvalue weighted by Gasteiger charge is -2.42. The standard InChI is InChI=1S/C23H39N5OS/c1-24-22(26-20-7-11-28(12-8-20)21-6-5-17-30-21)25-18-23(9-3-2-4-10-23)19-27-13-15-29-16-14-27/h5-6,17,20H,2-4,7-16,18-19H2,1H3,(H2,24,25,26). The van der Waals surface area contributed by atoms with Crippen LogP contribution in [0.2, 0.25) is 0 Å². The van der Waals surface area contributed by atoms with Gasteiger partial charge in [0.05, 0.1) is 18.2 Å². The van der Waals surface area contributed by atoms with E-state index in [9.17, 15) is 0 Å². The Balaban J connectivity index is 1.27. The number of piperidine rings is 1. The number of hydrogen-bond donors (Lipinski definition) is 2. The van der Waals surface area contributed by atoms with Gasteiger partial charge in [-0.15, -0.1) is 11.3 Å². The van der Waals surface area contributed by atoms with Gasteiger partial charge in [0.2, 0.25) is 0 Å². The highest BCUT2D eigenvalue weighted by molar-refractivity contribution is 7.14. The fourth-order valence-electron chi connectivity index (χ4n) is 5.28. The van der Waals surface area contributed by atoms with Gasteiger partial charge in [0.1, 0.15) is 0 Å². The summed E-state index contributed by atoms with van der Waals surface area (Å²) in [5.74, 6) is 0.983. The van der Waals surface area contributed by atoms with Crippen LogP contribution in [0.1, 0.15) is 44.9 Å². The van der Waals surface area contributed by atoms with Crippen molar-refractivity contribution in [1.82, 2.24) is 15.5 Å². The van der Waals surface area contributed by atoms with E-state index in [0.717, 1.165) is 64.7 Å². The molecule has 6 nitrogen and oxygen atoms in total. The van der Waals surface area contributed by atoms with Gasteiger partial charge in [-0.3, -0.25) is 9.89 Å². The van der Waals surface area contributed by atoms with E-state index in [1.807, 2.05) is 18.4 Å². The second kappa shape index (κ2) is 10.8. The Bertz CT molecular complexity index is 645. The zero-order valence-electron chi connectivity index (χ0n) is 18.6. The molecule has 0 aromatic carbocycles. The molecule has 7 heteroatoms. The topological polar surface area (TPSA) is 52.1 Å². The number of morpholine rings is 1. The molecule has 0 bridgehead atoms. The third-order valence-electron chi connectivity index (χ3n) is 7.09. The van der Waals surface area contributed by atoms with Crippen LogP contribution < -0.4 is 15.5 Å². The first-order valence-electron chi connectivity index (χ1n) is 11.8. The molecule has 2 N–H and O–H groups in total. The van der Waals surface area contributed by atoms with Crippen molar-refractivity contribution in [2.24, 2.45) is 10.4 Å². The fourth-order valence-corrected chi connectivity index (χ4v) is 6.06.